The van der Waals surface area contributed by atoms with Gasteiger partial charge in [0.15, 0.2) is 0 Å². The van der Waals surface area contributed by atoms with E-state index >= 15 is 0 Å². The number of rotatable bonds is 20. The minimum atomic E-state index is -0.769. The Balaban J connectivity index is 1.59. The number of unbranched alkanes of at least 4 members (excludes halogenated alkanes) is 4. The average Bonchev–Trinajstić information content (AvgIpc) is 3.11. The summed E-state index contributed by atoms with van der Waals surface area (Å²) in [5.41, 5.74) is -4.14. The number of hydroxylamine groups is 6. The molecule has 0 spiro atoms. The highest BCUT2D eigenvalue weighted by Crippen LogP contribution is 2.46. The molecule has 3 N–H and O–H groups in total. The molecule has 374 valence electrons. The zero-order valence-electron chi connectivity index (χ0n) is 45.0. The first-order valence-electron chi connectivity index (χ1n) is 25.3. The molecule has 2 unspecified atom stereocenters. The van der Waals surface area contributed by atoms with E-state index in [2.05, 4.69) is 99.0 Å². The molecule has 3 heterocycles. The second-order valence-electron chi connectivity index (χ2n) is 26.4. The molecule has 0 radical (unpaired) electrons. The number of nitrogens with one attached hydrogen (secondary N) is 3. The maximum atomic E-state index is 14.2. The first-order valence-corrected chi connectivity index (χ1v) is 25.3. The van der Waals surface area contributed by atoms with Crippen molar-refractivity contribution in [1.29, 1.82) is 0 Å². The fourth-order valence-electron chi connectivity index (χ4n) is 11.0. The van der Waals surface area contributed by atoms with E-state index in [4.69, 9.17) is 14.5 Å². The minimum Gasteiger partial charge on any atom is -0.366 e. The largest absolute Gasteiger partial charge is 0.366 e. The van der Waals surface area contributed by atoms with Crippen LogP contribution in [0.3, 0.4) is 0 Å². The summed E-state index contributed by atoms with van der Waals surface area (Å²) in [6.07, 6.45) is 13.3. The Morgan fingerprint density at radius 1 is 0.469 bits per heavy atom. The number of hydrogen-bond donors (Lipinski definition) is 3. The lowest BCUT2D eigenvalue weighted by Gasteiger charge is -2.55. The highest BCUT2D eigenvalue weighted by molar-refractivity contribution is 5.76. The quantitative estimate of drug-likeness (QED) is 0.101. The first kappa shape index (κ1) is 56.5. The number of nitrogens with zero attached hydrogens (tertiary/aromatic N) is 3. The van der Waals surface area contributed by atoms with E-state index in [1.807, 2.05) is 70.6 Å². The van der Waals surface area contributed by atoms with Crippen LogP contribution in [0, 0.1) is 16.2 Å². The van der Waals surface area contributed by atoms with E-state index in [-0.39, 0.29) is 46.1 Å². The zero-order chi connectivity index (χ0) is 49.0. The monoisotopic (exact) mass is 905 g/mol. The van der Waals surface area contributed by atoms with Crippen molar-refractivity contribution in [3.63, 3.8) is 0 Å². The third-order valence-corrected chi connectivity index (χ3v) is 14.2. The van der Waals surface area contributed by atoms with Gasteiger partial charge in [-0.2, -0.15) is 0 Å². The minimum absolute atomic E-state index is 0.191. The van der Waals surface area contributed by atoms with E-state index in [0.717, 1.165) is 96.7 Å². The van der Waals surface area contributed by atoms with Gasteiger partial charge in [-0.25, -0.2) is 14.4 Å². The molecule has 0 aromatic rings. The fourth-order valence-corrected chi connectivity index (χ4v) is 11.0. The van der Waals surface area contributed by atoms with Gasteiger partial charge in [-0.05, 0) is 222 Å². The summed E-state index contributed by atoms with van der Waals surface area (Å²) in [7, 11) is 0. The summed E-state index contributed by atoms with van der Waals surface area (Å²) in [5, 5.41) is 17.4. The Morgan fingerprint density at radius 3 is 1.14 bits per heavy atom. The van der Waals surface area contributed by atoms with Crippen LogP contribution in [0.2, 0.25) is 0 Å². The highest BCUT2D eigenvalue weighted by atomic mass is 16.7. The molecule has 2 atom stereocenters. The molecule has 0 aromatic heterocycles. The van der Waals surface area contributed by atoms with Crippen molar-refractivity contribution >= 4 is 17.9 Å². The molecule has 64 heavy (non-hydrogen) atoms. The first-order chi connectivity index (χ1) is 29.0. The topological polar surface area (TPSA) is 125 Å². The number of carbonyl (C=O) groups excluding carboxylic acids is 3. The van der Waals surface area contributed by atoms with Crippen molar-refractivity contribution in [1.82, 2.24) is 31.1 Å². The second kappa shape index (κ2) is 21.2. The van der Waals surface area contributed by atoms with Gasteiger partial charge < -0.3 is 30.5 Å². The van der Waals surface area contributed by atoms with Gasteiger partial charge in [-0.1, -0.05) is 26.2 Å². The van der Waals surface area contributed by atoms with Gasteiger partial charge in [0, 0.05) is 18.1 Å². The SMILES string of the molecule is CCCCNC1CC(C)(C)N(OC(=O)C(C)(C)CCC2(C)CC(NCCCCCCNC3CC(C)(C)N(OC(=O)C(C)(C)C)C(C)(C)C3)CC(C)(C)N2OC(=O)C(C)(C)C)C(C)(C)C1. The summed E-state index contributed by atoms with van der Waals surface area (Å²) in [6.45, 7) is 44.5. The maximum absolute atomic E-state index is 14.2. The van der Waals surface area contributed by atoms with Crippen LogP contribution in [0.5, 0.6) is 0 Å². The van der Waals surface area contributed by atoms with E-state index < -0.39 is 27.3 Å². The Morgan fingerprint density at radius 2 is 0.781 bits per heavy atom. The molecule has 0 aliphatic carbocycles. The number of piperidine rings is 3. The molecule has 3 rings (SSSR count). The molecule has 0 saturated carbocycles. The molecule has 3 aliphatic rings. The van der Waals surface area contributed by atoms with Crippen LogP contribution >= 0.6 is 0 Å². The zero-order valence-corrected chi connectivity index (χ0v) is 45.0. The summed E-state index contributed by atoms with van der Waals surface area (Å²) in [6, 6.07) is 0.962. The molecule has 0 bridgehead atoms. The lowest BCUT2D eigenvalue weighted by Crippen LogP contribution is -2.66. The standard InChI is InChI=1S/C52H100N6O6/c1-21-22-29-53-38-32-49(14,15)57(50(16,17)33-38)64-43(61)46(8,9)27-28-52(20)37-40(36-51(18,19)58(52)63-42(60)45(5,6)7)55-31-26-24-23-25-30-54-39-34-47(10,11)56(48(12,13)35-39)62-41(59)44(2,3)4/h38-40,53-55H,21-37H2,1-20H3. The van der Waals surface area contributed by atoms with Crippen molar-refractivity contribution < 1.29 is 28.9 Å². The van der Waals surface area contributed by atoms with Crippen LogP contribution in [-0.2, 0) is 28.9 Å². The van der Waals surface area contributed by atoms with Crippen molar-refractivity contribution in [3.05, 3.63) is 0 Å². The second-order valence-corrected chi connectivity index (χ2v) is 26.4. The molecule has 0 amide bonds. The predicted octanol–water partition coefficient (Wildman–Crippen LogP) is 10.4. The van der Waals surface area contributed by atoms with E-state index in [9.17, 15) is 14.4 Å². The van der Waals surface area contributed by atoms with Crippen molar-refractivity contribution in [3.8, 4) is 0 Å². The van der Waals surface area contributed by atoms with Crippen LogP contribution in [0.25, 0.3) is 0 Å². The molecule has 12 heteroatoms. The predicted molar refractivity (Wildman–Crippen MR) is 261 cm³/mol. The highest BCUT2D eigenvalue weighted by Gasteiger charge is 2.54. The van der Waals surface area contributed by atoms with Crippen molar-refractivity contribution in [2.45, 2.75) is 280 Å². The van der Waals surface area contributed by atoms with Crippen molar-refractivity contribution in [2.24, 2.45) is 16.2 Å². The molecule has 0 aromatic carbocycles. The van der Waals surface area contributed by atoms with Crippen molar-refractivity contribution in [2.75, 3.05) is 19.6 Å². The normalized spacial score (nSPS) is 25.8. The van der Waals surface area contributed by atoms with Gasteiger partial charge in [0.05, 0.1) is 49.5 Å². The fraction of sp³-hybridized carbons (Fsp3) is 0.942. The van der Waals surface area contributed by atoms with Gasteiger partial charge >= 0.3 is 17.9 Å². The van der Waals surface area contributed by atoms with Crippen LogP contribution < -0.4 is 16.0 Å². The van der Waals surface area contributed by atoms with Gasteiger partial charge in [-0.15, -0.1) is 15.2 Å². The van der Waals surface area contributed by atoms with E-state index in [1.54, 1.807) is 0 Å². The maximum Gasteiger partial charge on any atom is 0.330 e. The van der Waals surface area contributed by atoms with Crippen LogP contribution in [0.15, 0.2) is 0 Å². The third-order valence-electron chi connectivity index (χ3n) is 14.2. The molecular weight excluding hydrogens is 805 g/mol. The smallest absolute Gasteiger partial charge is 0.330 e. The molecule has 3 aliphatic heterocycles. The summed E-state index contributed by atoms with van der Waals surface area (Å²) in [5.74, 6) is -0.656. The van der Waals surface area contributed by atoms with Gasteiger partial charge in [0.2, 0.25) is 0 Å². The Kier molecular flexibility index (Phi) is 18.7. The Hall–Kier alpha value is -1.83. The third kappa shape index (κ3) is 15.3. The van der Waals surface area contributed by atoms with Gasteiger partial charge in [0.1, 0.15) is 0 Å². The number of carbonyl (C=O) groups is 3. The molecule has 3 saturated heterocycles. The average molecular weight is 905 g/mol. The molecule has 12 nitrogen and oxygen atoms in total. The van der Waals surface area contributed by atoms with Crippen LogP contribution in [0.4, 0.5) is 0 Å². The Labute approximate surface area is 392 Å². The summed E-state index contributed by atoms with van der Waals surface area (Å²) < 4.78 is 0. The number of hydrogen-bond acceptors (Lipinski definition) is 12. The van der Waals surface area contributed by atoms with Crippen LogP contribution in [0.1, 0.15) is 228 Å². The van der Waals surface area contributed by atoms with Gasteiger partial charge in [0.25, 0.3) is 0 Å². The molecule has 3 fully saturated rings. The lowest BCUT2D eigenvalue weighted by molar-refractivity contribution is -0.282. The summed E-state index contributed by atoms with van der Waals surface area (Å²) >= 11 is 0. The van der Waals surface area contributed by atoms with E-state index in [0.29, 0.717) is 24.9 Å². The summed E-state index contributed by atoms with van der Waals surface area (Å²) in [4.78, 5) is 59.3. The lowest BCUT2D eigenvalue weighted by atomic mass is 9.73. The molecular formula is C52H100N6O6. The van der Waals surface area contributed by atoms with Crippen LogP contribution in [-0.4, -0.2) is 104 Å². The van der Waals surface area contributed by atoms with E-state index in [1.165, 1.54) is 0 Å². The van der Waals surface area contributed by atoms with Gasteiger partial charge in [-0.3, -0.25) is 0 Å². The Bertz CT molecular complexity index is 1510.